The maximum atomic E-state index is 5.74. The molecule has 4 heterocycles. The molecule has 35 heavy (non-hydrogen) atoms. The molecule has 184 valence electrons. The summed E-state index contributed by atoms with van der Waals surface area (Å²) in [7, 11) is 5.94. The van der Waals surface area contributed by atoms with E-state index >= 15 is 0 Å². The zero-order chi connectivity index (χ0) is 24.2. The number of nitrogens with zero attached hydrogens (tertiary/aromatic N) is 6. The molecule has 0 spiro atoms. The number of piperazine rings is 1. The molecule has 8 nitrogen and oxygen atoms in total. The van der Waals surface area contributed by atoms with Crippen LogP contribution in [-0.2, 0) is 4.74 Å². The molecule has 0 unspecified atom stereocenters. The van der Waals surface area contributed by atoms with Gasteiger partial charge in [-0.15, -0.1) is 0 Å². The van der Waals surface area contributed by atoms with Crippen molar-refractivity contribution in [3.63, 3.8) is 0 Å². The van der Waals surface area contributed by atoms with Crippen LogP contribution in [0.5, 0.6) is 5.75 Å². The quantitative estimate of drug-likeness (QED) is 0.345. The Labute approximate surface area is 206 Å². The highest BCUT2D eigenvalue weighted by Crippen LogP contribution is 2.30. The predicted molar refractivity (Wildman–Crippen MR) is 141 cm³/mol. The molecule has 0 amide bonds. The lowest BCUT2D eigenvalue weighted by molar-refractivity contribution is 0.146. The summed E-state index contributed by atoms with van der Waals surface area (Å²) < 4.78 is 12.9. The van der Waals surface area contributed by atoms with E-state index in [1.165, 1.54) is 5.69 Å². The fourth-order valence-corrected chi connectivity index (χ4v) is 4.57. The summed E-state index contributed by atoms with van der Waals surface area (Å²) in [4.78, 5) is 17.0. The van der Waals surface area contributed by atoms with E-state index in [-0.39, 0.29) is 0 Å². The van der Waals surface area contributed by atoms with Gasteiger partial charge in [0.1, 0.15) is 18.0 Å². The molecule has 1 saturated heterocycles. The minimum Gasteiger partial charge on any atom is -0.491 e. The normalized spacial score (nSPS) is 14.9. The second kappa shape index (κ2) is 10.6. The molecule has 1 aliphatic rings. The number of hydrogen-bond donors (Lipinski definition) is 0. The number of fused-ring (bicyclic) bond motifs is 2. The van der Waals surface area contributed by atoms with Gasteiger partial charge in [-0.2, -0.15) is 0 Å². The number of benzene rings is 1. The number of ether oxygens (including phenoxy) is 2. The molecule has 5 rings (SSSR count). The molecule has 0 saturated carbocycles. The van der Waals surface area contributed by atoms with Crippen molar-refractivity contribution in [3.05, 3.63) is 54.9 Å². The van der Waals surface area contributed by atoms with E-state index in [1.807, 2.05) is 24.5 Å². The van der Waals surface area contributed by atoms with Gasteiger partial charge in [0.2, 0.25) is 0 Å². The van der Waals surface area contributed by atoms with E-state index in [9.17, 15) is 0 Å². The lowest BCUT2D eigenvalue weighted by atomic mass is 10.1. The summed E-state index contributed by atoms with van der Waals surface area (Å²) in [6.45, 7) is 7.46. The minimum absolute atomic E-state index is 0.513. The number of hydrogen-bond acceptors (Lipinski definition) is 7. The predicted octanol–water partition coefficient (Wildman–Crippen LogP) is 3.26. The number of anilines is 1. The Morgan fingerprint density at radius 1 is 1.00 bits per heavy atom. The first-order valence-electron chi connectivity index (χ1n) is 12.2. The Kier molecular flexibility index (Phi) is 7.13. The van der Waals surface area contributed by atoms with Crippen molar-refractivity contribution in [2.24, 2.45) is 0 Å². The van der Waals surface area contributed by atoms with Crippen LogP contribution < -0.4 is 9.64 Å². The largest absolute Gasteiger partial charge is 0.491 e. The number of rotatable bonds is 9. The zero-order valence-corrected chi connectivity index (χ0v) is 20.9. The topological polar surface area (TPSA) is 58.4 Å². The van der Waals surface area contributed by atoms with Crippen molar-refractivity contribution >= 4 is 22.2 Å². The lowest BCUT2D eigenvalue weighted by Gasteiger charge is -2.36. The molecule has 8 heteroatoms. The summed E-state index contributed by atoms with van der Waals surface area (Å²) in [5.74, 6) is 0.783. The van der Waals surface area contributed by atoms with Gasteiger partial charge in [-0.3, -0.25) is 9.30 Å². The van der Waals surface area contributed by atoms with Gasteiger partial charge in [0, 0.05) is 64.0 Å². The third-order valence-electron chi connectivity index (χ3n) is 6.58. The highest BCUT2D eigenvalue weighted by Gasteiger charge is 2.20. The van der Waals surface area contributed by atoms with Crippen molar-refractivity contribution in [3.8, 4) is 17.1 Å². The van der Waals surface area contributed by atoms with Crippen LogP contribution in [0.15, 0.2) is 54.9 Å². The number of methoxy groups -OCH3 is 1. The van der Waals surface area contributed by atoms with Crippen LogP contribution >= 0.6 is 0 Å². The standard InChI is InChI=1S/C27H34N6O2/c1-30(2)11-12-31-13-15-32(16-14-31)24-6-4-5-21-7-8-23(29-27(21)24)25-20-28-26-19-22(9-10-33(25)26)35-18-17-34-3/h4-10,19-20H,11-18H2,1-3H3. The molecule has 0 N–H and O–H groups in total. The average molecular weight is 475 g/mol. The third kappa shape index (κ3) is 5.24. The van der Waals surface area contributed by atoms with Crippen LogP contribution in [-0.4, -0.2) is 97.9 Å². The lowest BCUT2D eigenvalue weighted by Crippen LogP contribution is -2.48. The molecule has 3 aromatic heterocycles. The third-order valence-corrected chi connectivity index (χ3v) is 6.58. The summed E-state index contributed by atoms with van der Waals surface area (Å²) in [6.07, 6.45) is 3.87. The molecule has 1 fully saturated rings. The van der Waals surface area contributed by atoms with Gasteiger partial charge in [-0.25, -0.2) is 9.97 Å². The molecular formula is C27H34N6O2. The van der Waals surface area contributed by atoms with E-state index in [0.717, 1.165) is 73.0 Å². The van der Waals surface area contributed by atoms with E-state index in [0.29, 0.717) is 13.2 Å². The fourth-order valence-electron chi connectivity index (χ4n) is 4.57. The van der Waals surface area contributed by atoms with Gasteiger partial charge in [-0.1, -0.05) is 18.2 Å². The van der Waals surface area contributed by atoms with E-state index in [2.05, 4.69) is 68.5 Å². The van der Waals surface area contributed by atoms with E-state index < -0.39 is 0 Å². The summed E-state index contributed by atoms with van der Waals surface area (Å²) in [5, 5.41) is 1.16. The van der Waals surface area contributed by atoms with Crippen LogP contribution in [0, 0.1) is 0 Å². The Morgan fingerprint density at radius 3 is 2.66 bits per heavy atom. The smallest absolute Gasteiger partial charge is 0.140 e. The molecule has 4 aromatic rings. The van der Waals surface area contributed by atoms with Crippen molar-refractivity contribution in [1.82, 2.24) is 24.2 Å². The maximum Gasteiger partial charge on any atom is 0.140 e. The molecule has 1 aliphatic heterocycles. The first-order chi connectivity index (χ1) is 17.1. The molecule has 0 radical (unpaired) electrons. The van der Waals surface area contributed by atoms with Gasteiger partial charge < -0.3 is 19.3 Å². The first-order valence-corrected chi connectivity index (χ1v) is 12.2. The second-order valence-electron chi connectivity index (χ2n) is 9.25. The SMILES string of the molecule is COCCOc1ccn2c(-c3ccc4cccc(N5CCN(CCN(C)C)CC5)c4n3)cnc2c1. The van der Waals surface area contributed by atoms with Crippen LogP contribution in [0.2, 0.25) is 0 Å². The minimum atomic E-state index is 0.513. The second-order valence-corrected chi connectivity index (χ2v) is 9.25. The van der Waals surface area contributed by atoms with Gasteiger partial charge >= 0.3 is 0 Å². The van der Waals surface area contributed by atoms with Crippen LogP contribution in [0.3, 0.4) is 0 Å². The summed E-state index contributed by atoms with van der Waals surface area (Å²) in [6, 6.07) is 14.6. The average Bonchev–Trinajstić information content (AvgIpc) is 3.31. The summed E-state index contributed by atoms with van der Waals surface area (Å²) in [5.41, 5.74) is 4.96. The molecular weight excluding hydrogens is 440 g/mol. The molecule has 0 atom stereocenters. The Morgan fingerprint density at radius 2 is 1.86 bits per heavy atom. The number of imidazole rings is 1. The molecule has 0 bridgehead atoms. The molecule has 0 aliphatic carbocycles. The van der Waals surface area contributed by atoms with Gasteiger partial charge in [-0.05, 0) is 32.3 Å². The Hall–Kier alpha value is -3.20. The molecule has 1 aromatic carbocycles. The number of likely N-dealkylation sites (N-methyl/N-ethyl adjacent to an activating group) is 1. The van der Waals surface area contributed by atoms with Crippen molar-refractivity contribution < 1.29 is 9.47 Å². The monoisotopic (exact) mass is 474 g/mol. The van der Waals surface area contributed by atoms with Crippen molar-refractivity contribution in [2.75, 3.05) is 78.6 Å². The van der Waals surface area contributed by atoms with Crippen molar-refractivity contribution in [1.29, 1.82) is 0 Å². The highest BCUT2D eigenvalue weighted by molar-refractivity contribution is 5.92. The van der Waals surface area contributed by atoms with Gasteiger partial charge in [0.15, 0.2) is 0 Å². The van der Waals surface area contributed by atoms with Gasteiger partial charge in [0.25, 0.3) is 0 Å². The number of pyridine rings is 2. The number of para-hydroxylation sites is 1. The Bertz CT molecular complexity index is 1280. The van der Waals surface area contributed by atoms with Crippen LogP contribution in [0.4, 0.5) is 5.69 Å². The first kappa shape index (κ1) is 23.5. The van der Waals surface area contributed by atoms with Crippen LogP contribution in [0.25, 0.3) is 27.9 Å². The van der Waals surface area contributed by atoms with Gasteiger partial charge in [0.05, 0.1) is 35.4 Å². The number of aromatic nitrogens is 3. The zero-order valence-electron chi connectivity index (χ0n) is 20.9. The fraction of sp³-hybridized carbons (Fsp3) is 0.407. The van der Waals surface area contributed by atoms with E-state index in [4.69, 9.17) is 14.5 Å². The van der Waals surface area contributed by atoms with Crippen LogP contribution in [0.1, 0.15) is 0 Å². The Balaban J connectivity index is 1.39. The van der Waals surface area contributed by atoms with E-state index in [1.54, 1.807) is 7.11 Å². The van der Waals surface area contributed by atoms with Crippen molar-refractivity contribution in [2.45, 2.75) is 0 Å². The summed E-state index contributed by atoms with van der Waals surface area (Å²) >= 11 is 0. The highest BCUT2D eigenvalue weighted by atomic mass is 16.5. The maximum absolute atomic E-state index is 5.74.